The number of amides is 1. The van der Waals surface area contributed by atoms with Crippen LogP contribution in [0.4, 0.5) is 10.5 Å². The summed E-state index contributed by atoms with van der Waals surface area (Å²) in [4.78, 5) is 22.5. The van der Waals surface area contributed by atoms with E-state index in [0.717, 1.165) is 37.7 Å². The van der Waals surface area contributed by atoms with Crippen LogP contribution in [0, 0.1) is 27.9 Å². The first-order chi connectivity index (χ1) is 13.9. The van der Waals surface area contributed by atoms with Crippen LogP contribution in [0.25, 0.3) is 0 Å². The van der Waals surface area contributed by atoms with Gasteiger partial charge in [-0.05, 0) is 55.1 Å². The lowest BCUT2D eigenvalue weighted by Gasteiger charge is -2.45. The molecule has 2 aromatic carbocycles. The number of benzene rings is 2. The van der Waals surface area contributed by atoms with Crippen LogP contribution < -0.4 is 5.73 Å². The van der Waals surface area contributed by atoms with Crippen LogP contribution in [0.3, 0.4) is 0 Å². The van der Waals surface area contributed by atoms with Gasteiger partial charge in [0.25, 0.3) is 5.69 Å². The van der Waals surface area contributed by atoms with Crippen molar-refractivity contribution in [3.8, 4) is 0 Å². The monoisotopic (exact) mass is 392 g/mol. The number of nitrogens with two attached hydrogens (primary N) is 1. The third-order valence-electron chi connectivity index (χ3n) is 7.62. The van der Waals surface area contributed by atoms with Crippen molar-refractivity contribution >= 4 is 11.8 Å². The Labute approximate surface area is 169 Å². The molecule has 150 valence electrons. The van der Waals surface area contributed by atoms with Crippen LogP contribution in [0.1, 0.15) is 36.8 Å². The molecule has 4 fully saturated rings. The van der Waals surface area contributed by atoms with Gasteiger partial charge < -0.3 is 10.5 Å². The van der Waals surface area contributed by atoms with Crippen molar-refractivity contribution in [1.29, 1.82) is 0 Å². The van der Waals surface area contributed by atoms with Gasteiger partial charge in [0, 0.05) is 23.5 Å². The molecule has 0 radical (unpaired) electrons. The second-order valence-corrected chi connectivity index (χ2v) is 9.04. The minimum Gasteiger partial charge on any atom is -0.443 e. The van der Waals surface area contributed by atoms with E-state index >= 15 is 0 Å². The number of nitro groups is 1. The Bertz CT molecular complexity index is 961. The molecular weight excluding hydrogens is 368 g/mol. The van der Waals surface area contributed by atoms with Crippen molar-refractivity contribution in [1.82, 2.24) is 0 Å². The van der Waals surface area contributed by atoms with Crippen LogP contribution in [-0.2, 0) is 16.6 Å². The molecule has 4 bridgehead atoms. The molecule has 4 aliphatic carbocycles. The molecule has 0 saturated heterocycles. The number of primary amides is 1. The van der Waals surface area contributed by atoms with Crippen molar-refractivity contribution in [2.45, 2.75) is 43.1 Å². The Hall–Kier alpha value is -2.89. The van der Waals surface area contributed by atoms with E-state index in [1.807, 2.05) is 30.3 Å². The highest BCUT2D eigenvalue weighted by Crippen LogP contribution is 2.71. The highest BCUT2D eigenvalue weighted by Gasteiger charge is 2.70. The molecule has 2 N–H and O–H groups in total. The predicted molar refractivity (Wildman–Crippen MR) is 107 cm³/mol. The summed E-state index contributed by atoms with van der Waals surface area (Å²) in [5.74, 6) is 1.07. The molecule has 5 unspecified atom stereocenters. The molecule has 5 atom stereocenters. The van der Waals surface area contributed by atoms with Gasteiger partial charge in [-0.1, -0.05) is 42.5 Å². The van der Waals surface area contributed by atoms with E-state index in [9.17, 15) is 14.9 Å². The lowest BCUT2D eigenvalue weighted by molar-refractivity contribution is -0.384. The maximum Gasteiger partial charge on any atom is 0.405 e. The van der Waals surface area contributed by atoms with Gasteiger partial charge in [-0.3, -0.25) is 10.1 Å². The number of carbonyl (C=O) groups is 1. The van der Waals surface area contributed by atoms with Gasteiger partial charge in [-0.2, -0.15) is 0 Å². The molecular formula is C23H24N2O4. The van der Waals surface area contributed by atoms with E-state index in [1.165, 1.54) is 5.56 Å². The summed E-state index contributed by atoms with van der Waals surface area (Å²) >= 11 is 0. The molecule has 4 aliphatic rings. The lowest BCUT2D eigenvalue weighted by atomic mass is 9.59. The summed E-state index contributed by atoms with van der Waals surface area (Å²) in [6, 6.07) is 17.4. The molecule has 0 aliphatic heterocycles. The van der Waals surface area contributed by atoms with Gasteiger partial charge in [0.2, 0.25) is 0 Å². The van der Waals surface area contributed by atoms with Crippen molar-refractivity contribution in [3.05, 3.63) is 75.8 Å². The van der Waals surface area contributed by atoms with Crippen molar-refractivity contribution in [2.75, 3.05) is 0 Å². The van der Waals surface area contributed by atoms with E-state index in [2.05, 4.69) is 12.1 Å². The van der Waals surface area contributed by atoms with Crippen LogP contribution >= 0.6 is 0 Å². The first kappa shape index (κ1) is 18.2. The summed E-state index contributed by atoms with van der Waals surface area (Å²) in [6.07, 6.45) is 3.91. The zero-order valence-electron chi connectivity index (χ0n) is 16.1. The number of nitro benzene ring substituents is 1. The zero-order valence-corrected chi connectivity index (χ0v) is 16.1. The highest BCUT2D eigenvalue weighted by molar-refractivity contribution is 5.65. The fourth-order valence-electron chi connectivity index (χ4n) is 6.88. The fourth-order valence-corrected chi connectivity index (χ4v) is 6.88. The minimum atomic E-state index is -0.699. The van der Waals surface area contributed by atoms with Crippen LogP contribution in [0.15, 0.2) is 54.6 Å². The van der Waals surface area contributed by atoms with E-state index in [0.29, 0.717) is 11.8 Å². The van der Waals surface area contributed by atoms with Crippen molar-refractivity contribution in [3.63, 3.8) is 0 Å². The minimum absolute atomic E-state index is 0.100. The summed E-state index contributed by atoms with van der Waals surface area (Å²) in [5, 5.41) is 11.1. The van der Waals surface area contributed by atoms with E-state index in [4.69, 9.17) is 10.5 Å². The molecule has 29 heavy (non-hydrogen) atoms. The second-order valence-electron chi connectivity index (χ2n) is 9.04. The van der Waals surface area contributed by atoms with Crippen LogP contribution in [-0.4, -0.2) is 16.6 Å². The first-order valence-corrected chi connectivity index (χ1v) is 10.2. The van der Waals surface area contributed by atoms with Crippen LogP contribution in [0.2, 0.25) is 0 Å². The SMILES string of the molecule is NC(=O)OC12CC3CC1C(Cc1ccccc1)C(c1ccc([N+](=O)[O-])cc1)(C3)C2. The standard InChI is InChI=1S/C23H24N2O4/c24-21(26)29-23-13-16-11-20(23)19(10-15-4-2-1-3-5-15)22(12-16,14-23)17-6-8-18(9-7-17)25(27)28/h1-9,16,19-20H,10-14H2,(H2,24,26). The average molecular weight is 392 g/mol. The number of nitrogens with zero attached hydrogens (tertiary/aromatic N) is 1. The number of hydrogen-bond acceptors (Lipinski definition) is 4. The molecule has 6 heteroatoms. The summed E-state index contributed by atoms with van der Waals surface area (Å²) < 4.78 is 5.83. The Kier molecular flexibility index (Phi) is 3.95. The Balaban J connectivity index is 1.59. The smallest absolute Gasteiger partial charge is 0.405 e. The fraction of sp³-hybridized carbons (Fsp3) is 0.435. The summed E-state index contributed by atoms with van der Waals surface area (Å²) in [7, 11) is 0. The molecule has 4 saturated carbocycles. The third kappa shape index (κ3) is 2.73. The topological polar surface area (TPSA) is 95.5 Å². The van der Waals surface area contributed by atoms with Gasteiger partial charge in [0.05, 0.1) is 4.92 Å². The Morgan fingerprint density at radius 1 is 1.14 bits per heavy atom. The Morgan fingerprint density at radius 2 is 1.86 bits per heavy atom. The Morgan fingerprint density at radius 3 is 2.52 bits per heavy atom. The van der Waals surface area contributed by atoms with Gasteiger partial charge >= 0.3 is 6.09 Å². The number of carbonyl (C=O) groups excluding carboxylic acids is 1. The molecule has 0 aromatic heterocycles. The first-order valence-electron chi connectivity index (χ1n) is 10.2. The lowest BCUT2D eigenvalue weighted by Crippen LogP contribution is -2.42. The second kappa shape index (κ2) is 6.31. The number of ether oxygens (including phenoxy) is 1. The molecule has 0 spiro atoms. The third-order valence-corrected chi connectivity index (χ3v) is 7.62. The normalized spacial score (nSPS) is 34.3. The molecule has 0 heterocycles. The van der Waals surface area contributed by atoms with E-state index < -0.39 is 11.7 Å². The number of non-ortho nitro benzene ring substituents is 1. The van der Waals surface area contributed by atoms with Crippen LogP contribution in [0.5, 0.6) is 0 Å². The van der Waals surface area contributed by atoms with E-state index in [-0.39, 0.29) is 21.9 Å². The largest absolute Gasteiger partial charge is 0.443 e. The van der Waals surface area contributed by atoms with Crippen molar-refractivity contribution in [2.24, 2.45) is 23.5 Å². The van der Waals surface area contributed by atoms with Gasteiger partial charge in [-0.15, -0.1) is 0 Å². The van der Waals surface area contributed by atoms with Gasteiger partial charge in [0.1, 0.15) is 5.60 Å². The molecule has 6 nitrogen and oxygen atoms in total. The molecule has 6 rings (SSSR count). The maximum atomic E-state index is 11.8. The molecule has 1 amide bonds. The number of hydrogen-bond donors (Lipinski definition) is 1. The van der Waals surface area contributed by atoms with Crippen molar-refractivity contribution < 1.29 is 14.5 Å². The average Bonchev–Trinajstić information content (AvgIpc) is 3.04. The van der Waals surface area contributed by atoms with Gasteiger partial charge in [-0.25, -0.2) is 4.79 Å². The van der Waals surface area contributed by atoms with E-state index in [1.54, 1.807) is 12.1 Å². The zero-order chi connectivity index (χ0) is 20.2. The predicted octanol–water partition coefficient (Wildman–Crippen LogP) is 4.36. The highest BCUT2D eigenvalue weighted by atomic mass is 16.6. The molecule has 2 aromatic rings. The summed E-state index contributed by atoms with van der Waals surface area (Å²) in [5.41, 5.74) is 7.32. The quantitative estimate of drug-likeness (QED) is 0.604. The number of rotatable bonds is 5. The summed E-state index contributed by atoms with van der Waals surface area (Å²) in [6.45, 7) is 0. The maximum absolute atomic E-state index is 11.8. The van der Waals surface area contributed by atoms with Gasteiger partial charge in [0.15, 0.2) is 0 Å².